The molecule has 1 amide bonds. The molecule has 2 aromatic carbocycles. The van der Waals surface area contributed by atoms with Crippen LogP contribution in [-0.4, -0.2) is 16.1 Å². The molecule has 3 rings (SSSR count). The summed E-state index contributed by atoms with van der Waals surface area (Å²) in [4.78, 5) is 17.3. The van der Waals surface area contributed by atoms with E-state index in [1.165, 1.54) is 17.3 Å². The number of aromatic nitrogens is 1. The van der Waals surface area contributed by atoms with Crippen LogP contribution >= 0.6 is 23.4 Å². The van der Waals surface area contributed by atoms with E-state index in [1.54, 1.807) is 24.3 Å². The van der Waals surface area contributed by atoms with Crippen LogP contribution in [0.25, 0.3) is 10.9 Å². The molecule has 3 aromatic rings. The highest BCUT2D eigenvalue weighted by Crippen LogP contribution is 2.29. The summed E-state index contributed by atoms with van der Waals surface area (Å²) in [5.74, 6) is -0.0255. The standard InChI is InChI=1S/C20H19ClN2OS/c1-3-18(20(24)22-15-10-8-14(21)9-11-15)25-19-12-13(2)16-6-4-5-7-17(16)23-19/h4-12,18H,3H2,1-2H3,(H,22,24). The van der Waals surface area contributed by atoms with Crippen LogP contribution in [0.3, 0.4) is 0 Å². The number of anilines is 1. The number of thioether (sulfide) groups is 1. The molecule has 0 spiro atoms. The van der Waals surface area contributed by atoms with Gasteiger partial charge in [-0.05, 0) is 55.3 Å². The third-order valence-corrected chi connectivity index (χ3v) is 5.47. The number of nitrogens with one attached hydrogen (secondary N) is 1. The highest BCUT2D eigenvalue weighted by atomic mass is 35.5. The number of rotatable bonds is 5. The molecule has 5 heteroatoms. The van der Waals surface area contributed by atoms with Gasteiger partial charge in [0.05, 0.1) is 15.8 Å². The summed E-state index contributed by atoms with van der Waals surface area (Å²) < 4.78 is 0. The summed E-state index contributed by atoms with van der Waals surface area (Å²) >= 11 is 7.38. The van der Waals surface area contributed by atoms with Crippen molar-refractivity contribution in [2.24, 2.45) is 0 Å². The Kier molecular flexibility index (Phi) is 5.61. The Balaban J connectivity index is 1.77. The topological polar surface area (TPSA) is 42.0 Å². The van der Waals surface area contributed by atoms with Crippen molar-refractivity contribution in [2.75, 3.05) is 5.32 Å². The van der Waals surface area contributed by atoms with Crippen molar-refractivity contribution in [1.29, 1.82) is 0 Å². The molecule has 0 radical (unpaired) electrons. The van der Waals surface area contributed by atoms with E-state index in [4.69, 9.17) is 16.6 Å². The number of halogens is 1. The van der Waals surface area contributed by atoms with Gasteiger partial charge in [-0.3, -0.25) is 4.79 Å². The summed E-state index contributed by atoms with van der Waals surface area (Å²) in [6.45, 7) is 4.08. The van der Waals surface area contributed by atoms with Crippen LogP contribution < -0.4 is 5.32 Å². The lowest BCUT2D eigenvalue weighted by Crippen LogP contribution is -2.24. The normalized spacial score (nSPS) is 12.1. The maximum absolute atomic E-state index is 12.6. The van der Waals surface area contributed by atoms with Crippen molar-refractivity contribution in [3.05, 3.63) is 65.2 Å². The zero-order chi connectivity index (χ0) is 17.8. The minimum Gasteiger partial charge on any atom is -0.325 e. The molecule has 128 valence electrons. The summed E-state index contributed by atoms with van der Waals surface area (Å²) in [7, 11) is 0. The highest BCUT2D eigenvalue weighted by Gasteiger charge is 2.19. The van der Waals surface area contributed by atoms with E-state index in [0.29, 0.717) is 5.02 Å². The fourth-order valence-corrected chi connectivity index (χ4v) is 3.75. The second kappa shape index (κ2) is 7.89. The van der Waals surface area contributed by atoms with Gasteiger partial charge < -0.3 is 5.32 Å². The Morgan fingerprint density at radius 3 is 2.64 bits per heavy atom. The molecule has 0 saturated carbocycles. The number of aryl methyl sites for hydroxylation is 1. The van der Waals surface area contributed by atoms with Crippen LogP contribution in [0.1, 0.15) is 18.9 Å². The zero-order valence-corrected chi connectivity index (χ0v) is 15.7. The van der Waals surface area contributed by atoms with Crippen molar-refractivity contribution in [2.45, 2.75) is 30.5 Å². The molecule has 25 heavy (non-hydrogen) atoms. The fourth-order valence-electron chi connectivity index (χ4n) is 2.60. The van der Waals surface area contributed by atoms with Gasteiger partial charge in [0.1, 0.15) is 0 Å². The number of amides is 1. The molecule has 0 aliphatic heterocycles. The molecule has 1 heterocycles. The molecular weight excluding hydrogens is 352 g/mol. The van der Waals surface area contributed by atoms with Gasteiger partial charge in [0.25, 0.3) is 0 Å². The van der Waals surface area contributed by atoms with E-state index in [2.05, 4.69) is 18.3 Å². The van der Waals surface area contributed by atoms with Crippen molar-refractivity contribution in [1.82, 2.24) is 4.98 Å². The number of carbonyl (C=O) groups excluding carboxylic acids is 1. The van der Waals surface area contributed by atoms with Gasteiger partial charge in [-0.15, -0.1) is 0 Å². The number of fused-ring (bicyclic) bond motifs is 1. The molecular formula is C20H19ClN2OS. The van der Waals surface area contributed by atoms with Gasteiger partial charge in [-0.2, -0.15) is 0 Å². The van der Waals surface area contributed by atoms with E-state index >= 15 is 0 Å². The fraction of sp³-hybridized carbons (Fsp3) is 0.200. The van der Waals surface area contributed by atoms with Gasteiger partial charge >= 0.3 is 0 Å². The van der Waals surface area contributed by atoms with Crippen LogP contribution in [0, 0.1) is 6.92 Å². The lowest BCUT2D eigenvalue weighted by molar-refractivity contribution is -0.115. The van der Waals surface area contributed by atoms with Gasteiger partial charge in [0, 0.05) is 16.1 Å². The average molecular weight is 371 g/mol. The van der Waals surface area contributed by atoms with Gasteiger partial charge in [-0.25, -0.2) is 4.98 Å². The summed E-state index contributed by atoms with van der Waals surface area (Å²) in [6, 6.07) is 17.2. The van der Waals surface area contributed by atoms with Crippen LogP contribution in [-0.2, 0) is 4.79 Å². The van der Waals surface area contributed by atoms with E-state index in [0.717, 1.165) is 28.0 Å². The first kappa shape index (κ1) is 17.8. The van der Waals surface area contributed by atoms with Crippen LogP contribution in [0.2, 0.25) is 5.02 Å². The van der Waals surface area contributed by atoms with Crippen molar-refractivity contribution in [3.8, 4) is 0 Å². The molecule has 3 nitrogen and oxygen atoms in total. The van der Waals surface area contributed by atoms with Crippen LogP contribution in [0.5, 0.6) is 0 Å². The summed E-state index contributed by atoms with van der Waals surface area (Å²) in [5.41, 5.74) is 2.87. The molecule has 0 aliphatic rings. The SMILES string of the molecule is CCC(Sc1cc(C)c2ccccc2n1)C(=O)Nc1ccc(Cl)cc1. The number of nitrogens with zero attached hydrogens (tertiary/aromatic N) is 1. The van der Waals surface area contributed by atoms with Gasteiger partial charge in [0.2, 0.25) is 5.91 Å². The molecule has 0 saturated heterocycles. The number of para-hydroxylation sites is 1. The predicted octanol–water partition coefficient (Wildman–Crippen LogP) is 5.71. The van der Waals surface area contributed by atoms with Crippen LogP contribution in [0.15, 0.2) is 59.6 Å². The van der Waals surface area contributed by atoms with Crippen LogP contribution in [0.4, 0.5) is 5.69 Å². The zero-order valence-electron chi connectivity index (χ0n) is 14.1. The number of benzene rings is 2. The Bertz CT molecular complexity index is 896. The quantitative estimate of drug-likeness (QED) is 0.585. The molecule has 0 fully saturated rings. The third-order valence-electron chi connectivity index (χ3n) is 3.94. The first-order valence-electron chi connectivity index (χ1n) is 8.16. The van der Waals surface area contributed by atoms with E-state index in [-0.39, 0.29) is 11.2 Å². The smallest absolute Gasteiger partial charge is 0.237 e. The monoisotopic (exact) mass is 370 g/mol. The maximum Gasteiger partial charge on any atom is 0.237 e. The second-order valence-electron chi connectivity index (χ2n) is 5.81. The van der Waals surface area contributed by atoms with E-state index in [9.17, 15) is 4.79 Å². The number of pyridine rings is 1. The van der Waals surface area contributed by atoms with Crippen molar-refractivity contribution >= 4 is 45.9 Å². The molecule has 1 N–H and O–H groups in total. The molecule has 1 atom stereocenters. The third kappa shape index (κ3) is 4.33. The lowest BCUT2D eigenvalue weighted by atomic mass is 10.1. The number of carbonyl (C=O) groups is 1. The van der Waals surface area contributed by atoms with E-state index < -0.39 is 0 Å². The van der Waals surface area contributed by atoms with Gasteiger partial charge in [0.15, 0.2) is 0 Å². The predicted molar refractivity (Wildman–Crippen MR) is 106 cm³/mol. The number of hydrogen-bond donors (Lipinski definition) is 1. The van der Waals surface area contributed by atoms with Gasteiger partial charge in [-0.1, -0.05) is 48.5 Å². The number of hydrogen-bond acceptors (Lipinski definition) is 3. The largest absolute Gasteiger partial charge is 0.325 e. The second-order valence-corrected chi connectivity index (χ2v) is 7.46. The minimum absolute atomic E-state index is 0.0255. The molecule has 1 aromatic heterocycles. The molecule has 0 bridgehead atoms. The average Bonchev–Trinajstić information content (AvgIpc) is 2.61. The minimum atomic E-state index is -0.205. The lowest BCUT2D eigenvalue weighted by Gasteiger charge is -2.15. The first-order valence-corrected chi connectivity index (χ1v) is 9.42. The van der Waals surface area contributed by atoms with E-state index in [1.807, 2.05) is 31.2 Å². The Morgan fingerprint density at radius 2 is 1.92 bits per heavy atom. The highest BCUT2D eigenvalue weighted by molar-refractivity contribution is 8.00. The maximum atomic E-state index is 12.6. The Labute approximate surface area is 156 Å². The Morgan fingerprint density at radius 1 is 1.20 bits per heavy atom. The first-order chi connectivity index (χ1) is 12.1. The molecule has 1 unspecified atom stereocenters. The summed E-state index contributed by atoms with van der Waals surface area (Å²) in [5, 5.41) is 5.40. The Hall–Kier alpha value is -2.04. The van der Waals surface area contributed by atoms with Crippen molar-refractivity contribution in [3.63, 3.8) is 0 Å². The molecule has 0 aliphatic carbocycles. The van der Waals surface area contributed by atoms with Crippen molar-refractivity contribution < 1.29 is 4.79 Å². The summed E-state index contributed by atoms with van der Waals surface area (Å²) in [6.07, 6.45) is 0.720.